The van der Waals surface area contributed by atoms with Crippen LogP contribution >= 0.6 is 0 Å². The van der Waals surface area contributed by atoms with Crippen molar-refractivity contribution in [3.05, 3.63) is 42.3 Å². The molecule has 1 rings (SSSR count). The Morgan fingerprint density at radius 3 is 2.64 bits per heavy atom. The van der Waals surface area contributed by atoms with Crippen LogP contribution in [0.1, 0.15) is 24.0 Å². The minimum Gasteiger partial charge on any atom is -0.0620 e. The van der Waals surface area contributed by atoms with Crippen molar-refractivity contribution < 1.29 is 0 Å². The normalized spacial score (nSPS) is 10.0. The van der Waals surface area contributed by atoms with Gasteiger partial charge in [-0.2, -0.15) is 0 Å². The number of hydrogen-bond acceptors (Lipinski definition) is 0. The van der Waals surface area contributed by atoms with Gasteiger partial charge in [-0.15, -0.1) is 0 Å². The summed E-state index contributed by atoms with van der Waals surface area (Å²) in [5, 5.41) is 0. The third-order valence-corrected chi connectivity index (χ3v) is 1.96. The van der Waals surface area contributed by atoms with Crippen molar-refractivity contribution in [1.29, 1.82) is 0 Å². The highest BCUT2D eigenvalue weighted by Gasteiger charge is 1.94. The Morgan fingerprint density at radius 1 is 1.27 bits per heavy atom. The molecule has 0 atom stereocenters. The van der Waals surface area contributed by atoms with Gasteiger partial charge in [0.1, 0.15) is 0 Å². The van der Waals surface area contributed by atoms with E-state index in [9.17, 15) is 0 Å². The fourth-order valence-electron chi connectivity index (χ4n) is 1.21. The van der Waals surface area contributed by atoms with Crippen molar-refractivity contribution in [2.24, 2.45) is 0 Å². The Kier molecular flexibility index (Phi) is 3.15. The maximum Gasteiger partial charge on any atom is -0.0276 e. The molecule has 0 saturated carbocycles. The highest BCUT2D eigenvalue weighted by molar-refractivity contribution is 5.25. The van der Waals surface area contributed by atoms with E-state index in [2.05, 4.69) is 38.1 Å². The van der Waals surface area contributed by atoms with Crippen molar-refractivity contribution in [2.45, 2.75) is 26.2 Å². The van der Waals surface area contributed by atoms with Gasteiger partial charge in [0.15, 0.2) is 0 Å². The molecule has 0 aliphatic carbocycles. The molecule has 59 valence electrons. The average Bonchev–Trinajstić information content (AvgIpc) is 2.03. The summed E-state index contributed by atoms with van der Waals surface area (Å²) in [5.41, 5.74) is 2.87. The first-order valence-corrected chi connectivity index (χ1v) is 4.18. The Bertz CT molecular complexity index is 213. The topological polar surface area (TPSA) is 0 Å². The first-order valence-electron chi connectivity index (χ1n) is 4.18. The predicted molar refractivity (Wildman–Crippen MR) is 49.5 cm³/mol. The standard InChI is InChI=1S/C11H15/c1-3-4-8-11-9-6-5-7-10(11)2/h5-7,9H,1,3-4,8H2,2H3. The maximum atomic E-state index is 3.83. The van der Waals surface area contributed by atoms with E-state index >= 15 is 0 Å². The second-order valence-electron chi connectivity index (χ2n) is 2.88. The summed E-state index contributed by atoms with van der Waals surface area (Å²) in [6.45, 7) is 6.00. The average molecular weight is 147 g/mol. The molecule has 0 aromatic heterocycles. The molecule has 1 aromatic rings. The zero-order chi connectivity index (χ0) is 8.10. The van der Waals surface area contributed by atoms with E-state index in [1.165, 1.54) is 24.0 Å². The highest BCUT2D eigenvalue weighted by atomic mass is 14.0. The number of aryl methyl sites for hydroxylation is 2. The van der Waals surface area contributed by atoms with Crippen LogP contribution < -0.4 is 0 Å². The highest BCUT2D eigenvalue weighted by Crippen LogP contribution is 2.09. The second kappa shape index (κ2) is 4.17. The second-order valence-corrected chi connectivity index (χ2v) is 2.88. The van der Waals surface area contributed by atoms with Crippen LogP contribution in [0.15, 0.2) is 24.3 Å². The summed E-state index contributed by atoms with van der Waals surface area (Å²) in [6.07, 6.45) is 3.41. The molecule has 0 aliphatic heterocycles. The smallest absolute Gasteiger partial charge is 0.0276 e. The molecule has 0 bridgehead atoms. The molecule has 11 heavy (non-hydrogen) atoms. The van der Waals surface area contributed by atoms with E-state index < -0.39 is 0 Å². The Morgan fingerprint density at radius 2 is 2.00 bits per heavy atom. The lowest BCUT2D eigenvalue weighted by Crippen LogP contribution is -1.87. The van der Waals surface area contributed by atoms with E-state index in [4.69, 9.17) is 0 Å². The summed E-state index contributed by atoms with van der Waals surface area (Å²) < 4.78 is 0. The molecule has 0 amide bonds. The number of unbranched alkanes of at least 4 members (excludes halogenated alkanes) is 1. The van der Waals surface area contributed by atoms with Gasteiger partial charge in [0.2, 0.25) is 0 Å². The number of rotatable bonds is 3. The molecule has 0 saturated heterocycles. The van der Waals surface area contributed by atoms with Crippen molar-refractivity contribution in [3.63, 3.8) is 0 Å². The van der Waals surface area contributed by atoms with Gasteiger partial charge in [0.05, 0.1) is 0 Å². The van der Waals surface area contributed by atoms with Gasteiger partial charge in [0.25, 0.3) is 0 Å². The molecule has 0 unspecified atom stereocenters. The maximum absolute atomic E-state index is 3.83. The third kappa shape index (κ3) is 2.38. The molecule has 0 fully saturated rings. The molecule has 0 spiro atoms. The van der Waals surface area contributed by atoms with Crippen LogP contribution in [0.2, 0.25) is 0 Å². The molecular formula is C11H15. The van der Waals surface area contributed by atoms with Crippen LogP contribution in [0.25, 0.3) is 0 Å². The van der Waals surface area contributed by atoms with Crippen molar-refractivity contribution in [3.8, 4) is 0 Å². The zero-order valence-electron chi connectivity index (χ0n) is 7.14. The van der Waals surface area contributed by atoms with E-state index in [-0.39, 0.29) is 0 Å². The van der Waals surface area contributed by atoms with Crippen LogP contribution in [-0.4, -0.2) is 0 Å². The summed E-state index contributed by atoms with van der Waals surface area (Å²) in [7, 11) is 0. The van der Waals surface area contributed by atoms with Gasteiger partial charge in [-0.25, -0.2) is 0 Å². The lowest BCUT2D eigenvalue weighted by atomic mass is 10.0. The van der Waals surface area contributed by atoms with Crippen LogP contribution in [0, 0.1) is 13.8 Å². The molecule has 1 radical (unpaired) electrons. The van der Waals surface area contributed by atoms with Crippen molar-refractivity contribution in [1.82, 2.24) is 0 Å². The lowest BCUT2D eigenvalue weighted by molar-refractivity contribution is 0.835. The van der Waals surface area contributed by atoms with Crippen LogP contribution in [-0.2, 0) is 6.42 Å². The van der Waals surface area contributed by atoms with E-state index in [0.29, 0.717) is 0 Å². The fourth-order valence-corrected chi connectivity index (χ4v) is 1.21. The summed E-state index contributed by atoms with van der Waals surface area (Å²) >= 11 is 0. The largest absolute Gasteiger partial charge is 0.0620 e. The third-order valence-electron chi connectivity index (χ3n) is 1.96. The van der Waals surface area contributed by atoms with Crippen molar-refractivity contribution in [2.75, 3.05) is 0 Å². The Hall–Kier alpha value is -0.780. The van der Waals surface area contributed by atoms with E-state index in [0.717, 1.165) is 6.42 Å². The molecule has 0 aliphatic rings. The monoisotopic (exact) mass is 147 g/mol. The molecular weight excluding hydrogens is 132 g/mol. The number of benzene rings is 1. The first-order chi connectivity index (χ1) is 5.34. The Balaban J connectivity index is 2.62. The molecule has 0 heteroatoms. The fraction of sp³-hybridized carbons (Fsp3) is 0.364. The van der Waals surface area contributed by atoms with Crippen LogP contribution in [0.5, 0.6) is 0 Å². The molecule has 0 N–H and O–H groups in total. The molecule has 0 heterocycles. The lowest BCUT2D eigenvalue weighted by Gasteiger charge is -2.02. The SMILES string of the molecule is [CH2]CCCc1ccccc1C. The van der Waals surface area contributed by atoms with Gasteiger partial charge in [-0.3, -0.25) is 0 Å². The minimum atomic E-state index is 1.04. The van der Waals surface area contributed by atoms with Gasteiger partial charge < -0.3 is 0 Å². The number of hydrogen-bond donors (Lipinski definition) is 0. The van der Waals surface area contributed by atoms with E-state index in [1.54, 1.807) is 0 Å². The zero-order valence-corrected chi connectivity index (χ0v) is 7.14. The summed E-state index contributed by atoms with van der Waals surface area (Å²) in [5.74, 6) is 0. The quantitative estimate of drug-likeness (QED) is 0.616. The predicted octanol–water partition coefficient (Wildman–Crippen LogP) is 3.15. The van der Waals surface area contributed by atoms with Gasteiger partial charge in [-0.1, -0.05) is 37.6 Å². The summed E-state index contributed by atoms with van der Waals surface area (Å²) in [6, 6.07) is 8.55. The van der Waals surface area contributed by atoms with Gasteiger partial charge in [-0.05, 0) is 30.9 Å². The van der Waals surface area contributed by atoms with Crippen molar-refractivity contribution >= 4 is 0 Å². The Labute approximate surface area is 69.3 Å². The summed E-state index contributed by atoms with van der Waals surface area (Å²) in [4.78, 5) is 0. The van der Waals surface area contributed by atoms with Gasteiger partial charge >= 0.3 is 0 Å². The first kappa shape index (κ1) is 8.32. The minimum absolute atomic E-state index is 1.04. The molecule has 0 nitrogen and oxygen atoms in total. The van der Waals surface area contributed by atoms with Crippen LogP contribution in [0.4, 0.5) is 0 Å². The van der Waals surface area contributed by atoms with Gasteiger partial charge in [0, 0.05) is 0 Å². The van der Waals surface area contributed by atoms with E-state index in [1.807, 2.05) is 0 Å². The van der Waals surface area contributed by atoms with Crippen LogP contribution in [0.3, 0.4) is 0 Å². The molecule has 1 aromatic carbocycles.